The first-order valence-electron chi connectivity index (χ1n) is 14.2. The number of carbonyl (C=O) groups is 2. The van der Waals surface area contributed by atoms with Crippen LogP contribution in [0.3, 0.4) is 0 Å². The Morgan fingerprint density at radius 3 is 2.60 bits per heavy atom. The molecule has 0 aliphatic carbocycles. The summed E-state index contributed by atoms with van der Waals surface area (Å²) in [6, 6.07) is 18.0. The monoisotopic (exact) mass is 600 g/mol. The number of nitrogens with zero attached hydrogens (tertiary/aromatic N) is 2. The molecule has 5 aromatic rings. The minimum Gasteiger partial charge on any atom is -0.455 e. The van der Waals surface area contributed by atoms with Crippen molar-refractivity contribution in [1.82, 2.24) is 15.2 Å². The Bertz CT molecular complexity index is 1890. The van der Waals surface area contributed by atoms with Crippen molar-refractivity contribution in [2.75, 3.05) is 37.7 Å². The predicted molar refractivity (Wildman–Crippen MR) is 168 cm³/mol. The fraction of sp³-hybridized carbons (Fsp3) is 0.273. The van der Waals surface area contributed by atoms with E-state index in [2.05, 4.69) is 10.3 Å². The zero-order valence-corrected chi connectivity index (χ0v) is 25.3. The highest BCUT2D eigenvalue weighted by atomic mass is 32.2. The number of halogens is 1. The van der Waals surface area contributed by atoms with Crippen LogP contribution in [0.2, 0.25) is 0 Å². The molecule has 2 N–H and O–H groups in total. The lowest BCUT2D eigenvalue weighted by atomic mass is 9.88. The van der Waals surface area contributed by atoms with Crippen molar-refractivity contribution >= 4 is 50.4 Å². The Balaban J connectivity index is 1.44. The second-order valence-corrected chi connectivity index (χ2v) is 12.5. The number of hydrogen-bond donors (Lipinski definition) is 2. The minimum absolute atomic E-state index is 0.0977. The molecule has 1 unspecified atom stereocenters. The normalized spacial score (nSPS) is 16.0. The summed E-state index contributed by atoms with van der Waals surface area (Å²) in [5.41, 5.74) is 5.05. The Hall–Kier alpha value is -4.44. The molecule has 1 aliphatic heterocycles. The second-order valence-electron chi connectivity index (χ2n) is 11.1. The maximum absolute atomic E-state index is 14.3. The van der Waals surface area contributed by atoms with Crippen molar-refractivity contribution in [3.63, 3.8) is 0 Å². The lowest BCUT2D eigenvalue weighted by Gasteiger charge is -2.34. The van der Waals surface area contributed by atoms with Gasteiger partial charge in [-0.3, -0.25) is 13.9 Å². The molecule has 3 heterocycles. The number of carbonyl (C=O) groups excluding carboxylic acids is 2. The second kappa shape index (κ2) is 11.3. The first kappa shape index (κ1) is 28.7. The summed E-state index contributed by atoms with van der Waals surface area (Å²) in [4.78, 5) is 31.6. The largest absolute Gasteiger partial charge is 0.455 e. The molecule has 0 bridgehead atoms. The average molecular weight is 601 g/mol. The highest BCUT2D eigenvalue weighted by molar-refractivity contribution is 7.85. The standard InChI is InChI=1S/C33H33FN4O4S/c1-19-10-12-20(13-11-19)31-29(32(39)35-2)24-16-23(27(17-28(24)42-31)37(3)43(4)41)22-8-6-14-38(18-22)33(40)26-15-21-7-5-9-25(34)30(21)36-26/h5,7,9-13,15-17,22,36H,6,8,14,18H2,1-4H3,(H,35,39)/t22-,43?/m1/s1. The molecule has 0 radical (unpaired) electrons. The highest BCUT2D eigenvalue weighted by Crippen LogP contribution is 2.42. The molecule has 8 nitrogen and oxygen atoms in total. The van der Waals surface area contributed by atoms with Crippen LogP contribution in [0, 0.1) is 12.7 Å². The molecule has 1 aliphatic rings. The van der Waals surface area contributed by atoms with E-state index in [1.165, 1.54) is 6.07 Å². The molecule has 1 fully saturated rings. The molecule has 3 aromatic carbocycles. The summed E-state index contributed by atoms with van der Waals surface area (Å²) in [6.45, 7) is 2.97. The smallest absolute Gasteiger partial charge is 0.270 e. The number of benzene rings is 3. The number of likely N-dealkylation sites (tertiary alicyclic amines) is 1. The third kappa shape index (κ3) is 5.20. The number of furan rings is 1. The first-order chi connectivity index (χ1) is 20.7. The van der Waals surface area contributed by atoms with E-state index in [0.717, 1.165) is 29.5 Å². The van der Waals surface area contributed by atoms with Crippen molar-refractivity contribution in [2.45, 2.75) is 25.7 Å². The van der Waals surface area contributed by atoms with Crippen LogP contribution >= 0.6 is 0 Å². The fourth-order valence-corrected chi connectivity index (χ4v) is 6.40. The van der Waals surface area contributed by atoms with Gasteiger partial charge >= 0.3 is 0 Å². The van der Waals surface area contributed by atoms with E-state index < -0.39 is 16.8 Å². The first-order valence-corrected chi connectivity index (χ1v) is 15.7. The van der Waals surface area contributed by atoms with Gasteiger partial charge in [-0.2, -0.15) is 0 Å². The van der Waals surface area contributed by atoms with E-state index in [4.69, 9.17) is 4.42 Å². The zero-order valence-electron chi connectivity index (χ0n) is 24.5. The lowest BCUT2D eigenvalue weighted by molar-refractivity contribution is 0.0702. The average Bonchev–Trinajstić information content (AvgIpc) is 3.62. The van der Waals surface area contributed by atoms with Gasteiger partial charge in [-0.25, -0.2) is 8.60 Å². The molecule has 10 heteroatoms. The van der Waals surface area contributed by atoms with Gasteiger partial charge in [-0.1, -0.05) is 42.0 Å². The summed E-state index contributed by atoms with van der Waals surface area (Å²) in [7, 11) is 2.01. The van der Waals surface area contributed by atoms with E-state index in [1.807, 2.05) is 43.3 Å². The van der Waals surface area contributed by atoms with E-state index in [1.54, 1.807) is 47.8 Å². The van der Waals surface area contributed by atoms with E-state index >= 15 is 0 Å². The van der Waals surface area contributed by atoms with Crippen molar-refractivity contribution in [1.29, 1.82) is 0 Å². The van der Waals surface area contributed by atoms with Crippen LogP contribution in [0.25, 0.3) is 33.2 Å². The molecule has 2 atom stereocenters. The van der Waals surface area contributed by atoms with Gasteiger partial charge in [-0.15, -0.1) is 0 Å². The van der Waals surface area contributed by atoms with Gasteiger partial charge in [0.15, 0.2) is 0 Å². The molecule has 2 aromatic heterocycles. The zero-order chi connectivity index (χ0) is 30.4. The van der Waals surface area contributed by atoms with Crippen molar-refractivity contribution < 1.29 is 22.6 Å². The molecule has 0 spiro atoms. The molecule has 2 amide bonds. The van der Waals surface area contributed by atoms with Crippen LogP contribution in [-0.2, 0) is 11.0 Å². The summed E-state index contributed by atoms with van der Waals surface area (Å²) in [5.74, 6) is -0.513. The van der Waals surface area contributed by atoms with Gasteiger partial charge in [0.25, 0.3) is 11.8 Å². The fourth-order valence-electron chi connectivity index (χ4n) is 5.97. The summed E-state index contributed by atoms with van der Waals surface area (Å²) < 4.78 is 35.0. The van der Waals surface area contributed by atoms with Crippen LogP contribution in [0.1, 0.15) is 50.7 Å². The maximum Gasteiger partial charge on any atom is 0.270 e. The van der Waals surface area contributed by atoms with Gasteiger partial charge in [0, 0.05) is 61.8 Å². The van der Waals surface area contributed by atoms with Crippen molar-refractivity contribution in [2.24, 2.45) is 0 Å². The van der Waals surface area contributed by atoms with Gasteiger partial charge in [0.05, 0.1) is 16.8 Å². The van der Waals surface area contributed by atoms with Crippen LogP contribution in [0.4, 0.5) is 10.1 Å². The lowest BCUT2D eigenvalue weighted by Crippen LogP contribution is -2.39. The Kier molecular flexibility index (Phi) is 7.56. The predicted octanol–water partition coefficient (Wildman–Crippen LogP) is 6.14. The number of H-pyrrole nitrogens is 1. The Morgan fingerprint density at radius 1 is 1.14 bits per heavy atom. The van der Waals surface area contributed by atoms with Crippen LogP contribution in [0.15, 0.2) is 65.1 Å². The number of rotatable bonds is 6. The summed E-state index contributed by atoms with van der Waals surface area (Å²) in [6.07, 6.45) is 3.16. The number of piperidine rings is 1. The van der Waals surface area contributed by atoms with E-state index in [-0.39, 0.29) is 17.7 Å². The number of aromatic amines is 1. The molecule has 0 saturated carbocycles. The van der Waals surface area contributed by atoms with Gasteiger partial charge in [0.2, 0.25) is 0 Å². The third-order valence-electron chi connectivity index (χ3n) is 8.31. The number of para-hydroxylation sites is 1. The quantitative estimate of drug-likeness (QED) is 0.245. The molecule has 6 rings (SSSR count). The number of fused-ring (bicyclic) bond motifs is 2. The summed E-state index contributed by atoms with van der Waals surface area (Å²) in [5, 5.41) is 4.04. The number of nitrogens with one attached hydrogen (secondary N) is 2. The number of aryl methyl sites for hydroxylation is 1. The van der Waals surface area contributed by atoms with Crippen LogP contribution in [0.5, 0.6) is 0 Å². The highest BCUT2D eigenvalue weighted by Gasteiger charge is 2.31. The molecule has 1 saturated heterocycles. The number of amides is 2. The number of hydrogen-bond acceptors (Lipinski definition) is 4. The minimum atomic E-state index is -1.33. The molecule has 43 heavy (non-hydrogen) atoms. The van der Waals surface area contributed by atoms with Gasteiger partial charge < -0.3 is 19.6 Å². The van der Waals surface area contributed by atoms with Crippen molar-refractivity contribution in [3.8, 4) is 11.3 Å². The molecular formula is C33H33FN4O4S. The maximum atomic E-state index is 14.3. The Labute approximate surface area is 251 Å². The summed E-state index contributed by atoms with van der Waals surface area (Å²) >= 11 is 0. The van der Waals surface area contributed by atoms with Gasteiger partial charge in [0.1, 0.15) is 33.8 Å². The van der Waals surface area contributed by atoms with Crippen LogP contribution < -0.4 is 9.62 Å². The number of anilines is 1. The van der Waals surface area contributed by atoms with Crippen LogP contribution in [-0.4, -0.2) is 59.3 Å². The van der Waals surface area contributed by atoms with E-state index in [0.29, 0.717) is 57.7 Å². The number of aromatic nitrogens is 1. The van der Waals surface area contributed by atoms with Crippen molar-refractivity contribution in [3.05, 3.63) is 88.9 Å². The topological polar surface area (TPSA) is 98.7 Å². The molecule has 222 valence electrons. The Morgan fingerprint density at radius 2 is 1.91 bits per heavy atom. The SMILES string of the molecule is CNC(=O)c1c(-c2ccc(C)cc2)oc2cc(N(C)S(C)=O)c([C@@H]3CCCN(C(=O)c4cc5cccc(F)c5[nH]4)C3)cc12. The van der Waals surface area contributed by atoms with E-state index in [9.17, 15) is 18.2 Å². The molecular weight excluding hydrogens is 567 g/mol. The van der Waals surface area contributed by atoms with Gasteiger partial charge in [-0.05, 0) is 43.5 Å². The third-order valence-corrected chi connectivity index (χ3v) is 9.28.